The van der Waals surface area contributed by atoms with Gasteiger partial charge >= 0.3 is 0 Å². The van der Waals surface area contributed by atoms with Gasteiger partial charge in [0.1, 0.15) is 16.1 Å². The predicted molar refractivity (Wildman–Crippen MR) is 93.2 cm³/mol. The highest BCUT2D eigenvalue weighted by Crippen LogP contribution is 2.30. The fraction of sp³-hybridized carbons (Fsp3) is 0.467. The number of halogens is 1. The van der Waals surface area contributed by atoms with E-state index < -0.39 is 10.0 Å². The molecular weight excluding hydrogens is 370 g/mol. The van der Waals surface area contributed by atoms with E-state index in [-0.39, 0.29) is 10.3 Å². The van der Waals surface area contributed by atoms with Gasteiger partial charge in [-0.25, -0.2) is 13.4 Å². The van der Waals surface area contributed by atoms with E-state index in [0.29, 0.717) is 42.0 Å². The van der Waals surface area contributed by atoms with Gasteiger partial charge in [0.05, 0.1) is 4.34 Å². The van der Waals surface area contributed by atoms with Crippen LogP contribution >= 0.6 is 22.9 Å². The highest BCUT2D eigenvalue weighted by atomic mass is 35.5. The van der Waals surface area contributed by atoms with Crippen LogP contribution in [0.4, 0.5) is 0 Å². The Morgan fingerprint density at radius 1 is 1.25 bits per heavy atom. The number of sulfonamides is 1. The number of ether oxygens (including phenoxy) is 1. The molecule has 9 heteroatoms. The molecule has 0 N–H and O–H groups in total. The van der Waals surface area contributed by atoms with E-state index >= 15 is 0 Å². The van der Waals surface area contributed by atoms with E-state index in [0.717, 1.165) is 17.0 Å². The monoisotopic (exact) mass is 387 g/mol. The minimum Gasteiger partial charge on any atom is -0.474 e. The summed E-state index contributed by atoms with van der Waals surface area (Å²) in [6.45, 7) is 4.56. The third-order valence-corrected chi connectivity index (χ3v) is 7.37. The van der Waals surface area contributed by atoms with Crippen LogP contribution in [0.25, 0.3) is 0 Å². The number of aromatic nitrogens is 2. The Balaban J connectivity index is 1.63. The Morgan fingerprint density at radius 2 is 1.96 bits per heavy atom. The highest BCUT2D eigenvalue weighted by Gasteiger charge is 2.31. The molecule has 2 aromatic heterocycles. The van der Waals surface area contributed by atoms with Crippen molar-refractivity contribution in [2.24, 2.45) is 0 Å². The van der Waals surface area contributed by atoms with E-state index in [1.165, 1.54) is 4.31 Å². The lowest BCUT2D eigenvalue weighted by Crippen LogP contribution is -2.41. The maximum atomic E-state index is 12.6. The summed E-state index contributed by atoms with van der Waals surface area (Å²) in [6.07, 6.45) is 1.21. The molecule has 0 amide bonds. The van der Waals surface area contributed by atoms with Crippen molar-refractivity contribution in [2.45, 2.75) is 37.0 Å². The van der Waals surface area contributed by atoms with Crippen LogP contribution in [0.1, 0.15) is 24.4 Å². The van der Waals surface area contributed by atoms with Crippen LogP contribution in [-0.2, 0) is 10.0 Å². The van der Waals surface area contributed by atoms with Crippen molar-refractivity contribution in [3.8, 4) is 5.88 Å². The van der Waals surface area contributed by atoms with Crippen LogP contribution in [-0.4, -0.2) is 41.9 Å². The molecule has 0 atom stereocenters. The Hall–Kier alpha value is -1.22. The first-order valence-corrected chi connectivity index (χ1v) is 10.2. The highest BCUT2D eigenvalue weighted by molar-refractivity contribution is 7.91. The molecule has 2 aromatic rings. The molecule has 1 aliphatic rings. The fourth-order valence-corrected chi connectivity index (χ4v) is 5.77. The van der Waals surface area contributed by atoms with Crippen LogP contribution in [0.15, 0.2) is 22.4 Å². The molecule has 0 radical (unpaired) electrons. The SMILES string of the molecule is Cc1cc(OC2CCN(S(=O)(=O)c3ccc(Cl)s3)CC2)nc(C)n1. The molecule has 0 aromatic carbocycles. The van der Waals surface area contributed by atoms with E-state index in [2.05, 4.69) is 9.97 Å². The molecule has 0 bridgehead atoms. The second-order valence-electron chi connectivity index (χ2n) is 5.67. The molecule has 1 aliphatic heterocycles. The topological polar surface area (TPSA) is 72.4 Å². The summed E-state index contributed by atoms with van der Waals surface area (Å²) < 4.78 is 33.3. The van der Waals surface area contributed by atoms with Gasteiger partial charge in [0.15, 0.2) is 0 Å². The third kappa shape index (κ3) is 3.88. The van der Waals surface area contributed by atoms with E-state index in [9.17, 15) is 8.42 Å². The molecule has 1 saturated heterocycles. The first-order chi connectivity index (χ1) is 11.3. The first kappa shape index (κ1) is 17.6. The Labute approximate surface area is 150 Å². The molecule has 0 saturated carbocycles. The van der Waals surface area contributed by atoms with Crippen molar-refractivity contribution in [1.82, 2.24) is 14.3 Å². The molecule has 1 fully saturated rings. The van der Waals surface area contributed by atoms with Gasteiger partial charge < -0.3 is 4.74 Å². The average molecular weight is 388 g/mol. The zero-order valence-electron chi connectivity index (χ0n) is 13.4. The Morgan fingerprint density at radius 3 is 2.54 bits per heavy atom. The summed E-state index contributed by atoms with van der Waals surface area (Å²) in [5, 5.41) is 0. The molecular formula is C15H18ClN3O3S2. The quantitative estimate of drug-likeness (QED) is 0.806. The van der Waals surface area contributed by atoms with Crippen molar-refractivity contribution in [3.63, 3.8) is 0 Å². The van der Waals surface area contributed by atoms with Crippen molar-refractivity contribution < 1.29 is 13.2 Å². The lowest BCUT2D eigenvalue weighted by Gasteiger charge is -2.30. The summed E-state index contributed by atoms with van der Waals surface area (Å²) >= 11 is 6.93. The summed E-state index contributed by atoms with van der Waals surface area (Å²) in [4.78, 5) is 8.49. The fourth-order valence-electron chi connectivity index (χ4n) is 2.67. The van der Waals surface area contributed by atoms with Crippen molar-refractivity contribution in [2.75, 3.05) is 13.1 Å². The number of piperidine rings is 1. The van der Waals surface area contributed by atoms with Crippen molar-refractivity contribution in [3.05, 3.63) is 34.1 Å². The Kier molecular flexibility index (Phi) is 5.10. The van der Waals surface area contributed by atoms with Crippen LogP contribution in [0.5, 0.6) is 5.88 Å². The smallest absolute Gasteiger partial charge is 0.252 e. The third-order valence-electron chi connectivity index (χ3n) is 3.77. The van der Waals surface area contributed by atoms with Gasteiger partial charge in [-0.2, -0.15) is 9.29 Å². The van der Waals surface area contributed by atoms with Gasteiger partial charge in [0.25, 0.3) is 10.0 Å². The Bertz CT molecular complexity index is 810. The number of rotatable bonds is 4. The number of hydrogen-bond donors (Lipinski definition) is 0. The van der Waals surface area contributed by atoms with E-state index in [4.69, 9.17) is 16.3 Å². The van der Waals surface area contributed by atoms with Gasteiger partial charge in [0.2, 0.25) is 5.88 Å². The summed E-state index contributed by atoms with van der Waals surface area (Å²) in [5.41, 5.74) is 0.854. The molecule has 0 spiro atoms. The van der Waals surface area contributed by atoms with E-state index in [1.54, 1.807) is 18.2 Å². The number of nitrogens with zero attached hydrogens (tertiary/aromatic N) is 3. The average Bonchev–Trinajstić information content (AvgIpc) is 2.94. The molecule has 3 rings (SSSR count). The summed E-state index contributed by atoms with van der Waals surface area (Å²) in [6, 6.07) is 4.95. The number of aryl methyl sites for hydroxylation is 2. The van der Waals surface area contributed by atoms with Crippen LogP contribution in [0.2, 0.25) is 4.34 Å². The maximum Gasteiger partial charge on any atom is 0.252 e. The number of thiophene rings is 1. The van der Waals surface area contributed by atoms with E-state index in [1.807, 2.05) is 13.8 Å². The van der Waals surface area contributed by atoms with Crippen molar-refractivity contribution in [1.29, 1.82) is 0 Å². The summed E-state index contributed by atoms with van der Waals surface area (Å²) in [5.74, 6) is 1.21. The van der Waals surface area contributed by atoms with Crippen LogP contribution in [0, 0.1) is 13.8 Å². The second-order valence-corrected chi connectivity index (χ2v) is 9.55. The molecule has 24 heavy (non-hydrogen) atoms. The molecule has 3 heterocycles. The van der Waals surface area contributed by atoms with Gasteiger partial charge in [0, 0.05) is 24.8 Å². The predicted octanol–water partition coefficient (Wildman–Crippen LogP) is 3.04. The zero-order chi connectivity index (χ0) is 17.3. The lowest BCUT2D eigenvalue weighted by atomic mass is 10.1. The molecule has 130 valence electrons. The van der Waals surface area contributed by atoms with Gasteiger partial charge in [-0.1, -0.05) is 11.6 Å². The molecule has 0 aliphatic carbocycles. The minimum absolute atomic E-state index is 0.0444. The van der Waals surface area contributed by atoms with Gasteiger partial charge in [-0.15, -0.1) is 11.3 Å². The second kappa shape index (κ2) is 6.95. The zero-order valence-corrected chi connectivity index (χ0v) is 15.8. The molecule has 6 nitrogen and oxygen atoms in total. The largest absolute Gasteiger partial charge is 0.474 e. The van der Waals surface area contributed by atoms with Crippen LogP contribution < -0.4 is 4.74 Å². The van der Waals surface area contributed by atoms with Crippen molar-refractivity contribution >= 4 is 33.0 Å². The first-order valence-electron chi connectivity index (χ1n) is 7.59. The standard InChI is InChI=1S/C15H18ClN3O3S2/c1-10-9-14(18-11(2)17-10)22-12-5-7-19(8-6-12)24(20,21)15-4-3-13(16)23-15/h3-4,9,12H,5-8H2,1-2H3. The molecule has 0 unspecified atom stereocenters. The van der Waals surface area contributed by atoms with Crippen LogP contribution in [0.3, 0.4) is 0 Å². The number of hydrogen-bond acceptors (Lipinski definition) is 6. The lowest BCUT2D eigenvalue weighted by molar-refractivity contribution is 0.129. The minimum atomic E-state index is -3.46. The normalized spacial score (nSPS) is 17.1. The summed E-state index contributed by atoms with van der Waals surface area (Å²) in [7, 11) is -3.46. The van der Waals surface area contributed by atoms with Gasteiger partial charge in [-0.3, -0.25) is 0 Å². The van der Waals surface area contributed by atoms with Gasteiger partial charge in [-0.05, 0) is 38.8 Å². The maximum absolute atomic E-state index is 12.6.